The normalized spacial score (nSPS) is 14.7. The first kappa shape index (κ1) is 10.4. The van der Waals surface area contributed by atoms with Crippen LogP contribution in [0.3, 0.4) is 0 Å². The van der Waals surface area contributed by atoms with Crippen molar-refractivity contribution in [2.24, 2.45) is 5.73 Å². The van der Waals surface area contributed by atoms with Gasteiger partial charge in [0.2, 0.25) is 0 Å². The van der Waals surface area contributed by atoms with E-state index in [1.165, 1.54) is 0 Å². The smallest absolute Gasteiger partial charge is 0.157 e. The molecule has 0 heterocycles. The summed E-state index contributed by atoms with van der Waals surface area (Å²) in [4.78, 5) is 10.9. The number of hydrogen-bond donors (Lipinski definition) is 1. The van der Waals surface area contributed by atoms with Crippen molar-refractivity contribution in [2.45, 2.75) is 39.7 Å². The molecule has 0 amide bonds. The van der Waals surface area contributed by atoms with Gasteiger partial charge in [-0.15, -0.1) is 0 Å². The second-order valence-electron chi connectivity index (χ2n) is 2.70. The highest BCUT2D eigenvalue weighted by molar-refractivity contribution is 5.94. The molecule has 0 radical (unpaired) electrons. The summed E-state index contributed by atoms with van der Waals surface area (Å²) in [5.74, 6) is 0.0912. The lowest BCUT2D eigenvalue weighted by molar-refractivity contribution is -0.113. The van der Waals surface area contributed by atoms with Gasteiger partial charge in [-0.3, -0.25) is 4.79 Å². The first-order valence-electron chi connectivity index (χ1n) is 4.06. The van der Waals surface area contributed by atoms with Crippen LogP contribution in [0.1, 0.15) is 33.6 Å². The molecule has 0 saturated heterocycles. The largest absolute Gasteiger partial charge is 0.324 e. The predicted octanol–water partition coefficient (Wildman–Crippen LogP) is 1.65. The van der Waals surface area contributed by atoms with E-state index < -0.39 is 0 Å². The van der Waals surface area contributed by atoms with Crippen molar-refractivity contribution in [3.05, 3.63) is 11.6 Å². The van der Waals surface area contributed by atoms with E-state index in [1.807, 2.05) is 13.0 Å². The first-order chi connectivity index (χ1) is 5.13. The summed E-state index contributed by atoms with van der Waals surface area (Å²) in [6.07, 6.45) is 3.72. The van der Waals surface area contributed by atoms with Crippen LogP contribution in [0.15, 0.2) is 11.6 Å². The summed E-state index contributed by atoms with van der Waals surface area (Å²) in [6, 6.07) is -0.0671. The molecule has 0 unspecified atom stereocenters. The topological polar surface area (TPSA) is 43.1 Å². The number of allylic oxidation sites excluding steroid dienone is 1. The molecule has 0 bridgehead atoms. The second kappa shape index (κ2) is 5.08. The zero-order chi connectivity index (χ0) is 8.85. The minimum Gasteiger partial charge on any atom is -0.324 e. The standard InChI is InChI=1S/C9H17NO/c1-4-6-9(10)8(5-2)7(3)11/h5,9H,4,6,10H2,1-3H3/b8-5-/t9-/m1/s1. The Kier molecular flexibility index (Phi) is 4.79. The maximum atomic E-state index is 10.9. The average molecular weight is 155 g/mol. The van der Waals surface area contributed by atoms with E-state index >= 15 is 0 Å². The molecule has 0 aliphatic heterocycles. The van der Waals surface area contributed by atoms with Crippen LogP contribution in [0.25, 0.3) is 0 Å². The second-order valence-corrected chi connectivity index (χ2v) is 2.70. The van der Waals surface area contributed by atoms with E-state index in [0.29, 0.717) is 0 Å². The van der Waals surface area contributed by atoms with E-state index in [0.717, 1.165) is 18.4 Å². The molecule has 0 saturated carbocycles. The molecule has 0 aromatic heterocycles. The van der Waals surface area contributed by atoms with Gasteiger partial charge in [0.15, 0.2) is 5.78 Å². The zero-order valence-electron chi connectivity index (χ0n) is 7.55. The average Bonchev–Trinajstić information content (AvgIpc) is 1.88. The van der Waals surface area contributed by atoms with Gasteiger partial charge in [0.25, 0.3) is 0 Å². The molecule has 2 nitrogen and oxygen atoms in total. The van der Waals surface area contributed by atoms with Crippen molar-refractivity contribution in [3.8, 4) is 0 Å². The molecule has 11 heavy (non-hydrogen) atoms. The van der Waals surface area contributed by atoms with Crippen LogP contribution in [0.4, 0.5) is 0 Å². The molecule has 0 aromatic rings. The van der Waals surface area contributed by atoms with E-state index in [4.69, 9.17) is 5.73 Å². The Balaban J connectivity index is 4.16. The van der Waals surface area contributed by atoms with Crippen LogP contribution in [0, 0.1) is 0 Å². The maximum Gasteiger partial charge on any atom is 0.157 e. The fraction of sp³-hybridized carbons (Fsp3) is 0.667. The van der Waals surface area contributed by atoms with Gasteiger partial charge in [0, 0.05) is 11.6 Å². The van der Waals surface area contributed by atoms with Gasteiger partial charge in [-0.05, 0) is 20.3 Å². The number of nitrogens with two attached hydrogens (primary N) is 1. The van der Waals surface area contributed by atoms with E-state index in [9.17, 15) is 4.79 Å². The van der Waals surface area contributed by atoms with Crippen LogP contribution < -0.4 is 5.73 Å². The Morgan fingerprint density at radius 3 is 2.45 bits per heavy atom. The lowest BCUT2D eigenvalue weighted by Crippen LogP contribution is -2.25. The highest BCUT2D eigenvalue weighted by Gasteiger charge is 2.10. The van der Waals surface area contributed by atoms with Crippen LogP contribution in [-0.4, -0.2) is 11.8 Å². The lowest BCUT2D eigenvalue weighted by Gasteiger charge is -2.11. The van der Waals surface area contributed by atoms with Crippen molar-refractivity contribution in [2.75, 3.05) is 0 Å². The molecule has 2 heteroatoms. The Morgan fingerprint density at radius 1 is 1.64 bits per heavy atom. The predicted molar refractivity (Wildman–Crippen MR) is 47.3 cm³/mol. The first-order valence-corrected chi connectivity index (χ1v) is 4.06. The van der Waals surface area contributed by atoms with Gasteiger partial charge in [0.1, 0.15) is 0 Å². The lowest BCUT2D eigenvalue weighted by atomic mass is 10.0. The fourth-order valence-electron chi connectivity index (χ4n) is 1.14. The molecule has 0 rings (SSSR count). The molecule has 0 aliphatic carbocycles. The Labute approximate surface area is 68.5 Å². The molecule has 2 N–H and O–H groups in total. The number of rotatable bonds is 4. The van der Waals surface area contributed by atoms with Crippen molar-refractivity contribution in [1.82, 2.24) is 0 Å². The van der Waals surface area contributed by atoms with Crippen LogP contribution in [-0.2, 0) is 4.79 Å². The zero-order valence-corrected chi connectivity index (χ0v) is 7.55. The van der Waals surface area contributed by atoms with Crippen LogP contribution >= 0.6 is 0 Å². The van der Waals surface area contributed by atoms with Gasteiger partial charge in [-0.25, -0.2) is 0 Å². The summed E-state index contributed by atoms with van der Waals surface area (Å²) in [5.41, 5.74) is 6.51. The van der Waals surface area contributed by atoms with Gasteiger partial charge in [-0.1, -0.05) is 19.4 Å². The third-order valence-electron chi connectivity index (χ3n) is 1.72. The van der Waals surface area contributed by atoms with Crippen molar-refractivity contribution in [3.63, 3.8) is 0 Å². The third-order valence-corrected chi connectivity index (χ3v) is 1.72. The summed E-state index contributed by atoms with van der Waals surface area (Å²) < 4.78 is 0. The number of carbonyl (C=O) groups is 1. The van der Waals surface area contributed by atoms with Crippen molar-refractivity contribution >= 4 is 5.78 Å². The fourth-order valence-corrected chi connectivity index (χ4v) is 1.14. The Hall–Kier alpha value is -0.630. The van der Waals surface area contributed by atoms with Crippen LogP contribution in [0.2, 0.25) is 0 Å². The van der Waals surface area contributed by atoms with E-state index in [1.54, 1.807) is 6.92 Å². The molecule has 0 fully saturated rings. The summed E-state index contributed by atoms with van der Waals surface area (Å²) in [7, 11) is 0. The SMILES string of the molecule is C/C=C(/C(C)=O)[C@H](N)CCC. The third kappa shape index (κ3) is 3.33. The minimum atomic E-state index is -0.0671. The Bertz CT molecular complexity index is 161. The van der Waals surface area contributed by atoms with Gasteiger partial charge >= 0.3 is 0 Å². The number of Topliss-reactive ketones (excluding diaryl/α,β-unsaturated/α-hetero) is 1. The van der Waals surface area contributed by atoms with Gasteiger partial charge in [-0.2, -0.15) is 0 Å². The highest BCUT2D eigenvalue weighted by atomic mass is 16.1. The number of hydrogen-bond acceptors (Lipinski definition) is 2. The van der Waals surface area contributed by atoms with E-state index in [2.05, 4.69) is 6.92 Å². The minimum absolute atomic E-state index is 0.0671. The summed E-state index contributed by atoms with van der Waals surface area (Å²) in [6.45, 7) is 5.48. The van der Waals surface area contributed by atoms with Crippen LogP contribution in [0.5, 0.6) is 0 Å². The molecule has 0 spiro atoms. The monoisotopic (exact) mass is 155 g/mol. The highest BCUT2D eigenvalue weighted by Crippen LogP contribution is 2.06. The van der Waals surface area contributed by atoms with E-state index in [-0.39, 0.29) is 11.8 Å². The quantitative estimate of drug-likeness (QED) is 0.627. The van der Waals surface area contributed by atoms with Crippen molar-refractivity contribution < 1.29 is 4.79 Å². The molecular formula is C9H17NO. The molecule has 0 aliphatic rings. The molecule has 64 valence electrons. The van der Waals surface area contributed by atoms with Crippen molar-refractivity contribution in [1.29, 1.82) is 0 Å². The summed E-state index contributed by atoms with van der Waals surface area (Å²) in [5, 5.41) is 0. The number of ketones is 1. The molecule has 1 atom stereocenters. The number of carbonyl (C=O) groups excluding carboxylic acids is 1. The van der Waals surface area contributed by atoms with Gasteiger partial charge < -0.3 is 5.73 Å². The molecular weight excluding hydrogens is 138 g/mol. The summed E-state index contributed by atoms with van der Waals surface area (Å²) >= 11 is 0. The Morgan fingerprint density at radius 2 is 2.18 bits per heavy atom. The maximum absolute atomic E-state index is 10.9. The molecule has 0 aromatic carbocycles. The van der Waals surface area contributed by atoms with Gasteiger partial charge in [0.05, 0.1) is 0 Å².